The second kappa shape index (κ2) is 5.16. The maximum atomic E-state index is 12.0. The molecule has 0 saturated carbocycles. The van der Waals surface area contributed by atoms with Crippen LogP contribution in [0.3, 0.4) is 0 Å². The van der Waals surface area contributed by atoms with E-state index in [1.165, 1.54) is 29.2 Å². The van der Waals surface area contributed by atoms with Gasteiger partial charge < -0.3 is 5.73 Å². The smallest absolute Gasteiger partial charge is 0.242 e. The van der Waals surface area contributed by atoms with Crippen molar-refractivity contribution in [3.8, 4) is 0 Å². The van der Waals surface area contributed by atoms with Crippen molar-refractivity contribution in [1.29, 1.82) is 0 Å². The number of halogens is 1. The topological polar surface area (TPSA) is 103 Å². The maximum Gasteiger partial charge on any atom is 0.242 e. The zero-order valence-electron chi connectivity index (χ0n) is 10.0. The molecule has 2 rings (SSSR count). The van der Waals surface area contributed by atoms with Crippen LogP contribution in [0.25, 0.3) is 0 Å². The summed E-state index contributed by atoms with van der Waals surface area (Å²) in [5.74, 6) is 0.373. The summed E-state index contributed by atoms with van der Waals surface area (Å²) in [6, 6.07) is 4.21. The number of aryl methyl sites for hydroxylation is 1. The molecule has 0 fully saturated rings. The van der Waals surface area contributed by atoms with Crippen molar-refractivity contribution >= 4 is 27.3 Å². The Kier molecular flexibility index (Phi) is 3.74. The summed E-state index contributed by atoms with van der Waals surface area (Å²) in [5, 5.41) is 4.04. The van der Waals surface area contributed by atoms with Crippen molar-refractivity contribution in [2.24, 2.45) is 7.05 Å². The van der Waals surface area contributed by atoms with Crippen LogP contribution in [0.15, 0.2) is 29.4 Å². The number of nitrogen functional groups attached to an aromatic ring is 1. The highest BCUT2D eigenvalue weighted by molar-refractivity contribution is 7.89. The van der Waals surface area contributed by atoms with E-state index in [4.69, 9.17) is 17.3 Å². The third-order valence-electron chi connectivity index (χ3n) is 2.31. The van der Waals surface area contributed by atoms with Crippen LogP contribution in [0.2, 0.25) is 5.02 Å². The molecular weight excluding hydrogens is 290 g/mol. The third-order valence-corrected chi connectivity index (χ3v) is 4.20. The lowest BCUT2D eigenvalue weighted by Crippen LogP contribution is -2.24. The molecule has 0 aliphatic carbocycles. The number of nitrogens with two attached hydrogens (primary N) is 1. The maximum absolute atomic E-state index is 12.0. The highest BCUT2D eigenvalue weighted by atomic mass is 35.5. The summed E-state index contributed by atoms with van der Waals surface area (Å²) in [4.78, 5) is 3.89. The number of benzene rings is 1. The molecule has 0 unspecified atom stereocenters. The molecule has 0 amide bonds. The summed E-state index contributed by atoms with van der Waals surface area (Å²) in [6.45, 7) is -0.0100. The summed E-state index contributed by atoms with van der Waals surface area (Å²) >= 11 is 5.87. The summed E-state index contributed by atoms with van der Waals surface area (Å²) in [7, 11) is -2.03. The van der Waals surface area contributed by atoms with Crippen molar-refractivity contribution < 1.29 is 8.42 Å². The molecule has 9 heteroatoms. The van der Waals surface area contributed by atoms with Gasteiger partial charge in [0.2, 0.25) is 10.0 Å². The molecule has 7 nitrogen and oxygen atoms in total. The second-order valence-electron chi connectivity index (χ2n) is 3.85. The molecule has 2 aromatic rings. The first-order valence-electron chi connectivity index (χ1n) is 5.28. The van der Waals surface area contributed by atoms with Gasteiger partial charge in [-0.1, -0.05) is 11.6 Å². The standard InChI is InChI=1S/C10H12ClN5O2S/c1-16-6-13-10(15-16)5-14-19(17,18)9-3-2-7(12)4-8(9)11/h2-4,6,14H,5,12H2,1H3. The van der Waals surface area contributed by atoms with Gasteiger partial charge in [-0.05, 0) is 18.2 Å². The zero-order valence-corrected chi connectivity index (χ0v) is 11.6. The van der Waals surface area contributed by atoms with E-state index in [-0.39, 0.29) is 16.5 Å². The summed E-state index contributed by atoms with van der Waals surface area (Å²) < 4.78 is 28.0. The van der Waals surface area contributed by atoms with Gasteiger partial charge in [0.1, 0.15) is 11.2 Å². The molecule has 0 atom stereocenters. The SMILES string of the molecule is Cn1cnc(CNS(=O)(=O)c2ccc(N)cc2Cl)n1. The first-order valence-corrected chi connectivity index (χ1v) is 7.14. The van der Waals surface area contributed by atoms with E-state index in [1.54, 1.807) is 7.05 Å². The molecule has 1 aromatic carbocycles. The first-order chi connectivity index (χ1) is 8.88. The van der Waals surface area contributed by atoms with E-state index < -0.39 is 10.0 Å². The van der Waals surface area contributed by atoms with Crippen LogP contribution in [-0.2, 0) is 23.6 Å². The lowest BCUT2D eigenvalue weighted by atomic mass is 10.3. The predicted molar refractivity (Wildman–Crippen MR) is 70.9 cm³/mol. The predicted octanol–water partition coefficient (Wildman–Crippen LogP) is 0.529. The van der Waals surface area contributed by atoms with Crippen LogP contribution in [-0.4, -0.2) is 23.2 Å². The Labute approximate surface area is 115 Å². The molecule has 3 N–H and O–H groups in total. The van der Waals surface area contributed by atoms with Gasteiger partial charge in [-0.25, -0.2) is 18.1 Å². The van der Waals surface area contributed by atoms with Gasteiger partial charge in [0.15, 0.2) is 5.82 Å². The number of hydrogen-bond acceptors (Lipinski definition) is 5. The van der Waals surface area contributed by atoms with E-state index >= 15 is 0 Å². The fourth-order valence-corrected chi connectivity index (χ4v) is 2.97. The van der Waals surface area contributed by atoms with Crippen LogP contribution in [0, 0.1) is 0 Å². The molecule has 0 aliphatic heterocycles. The number of sulfonamides is 1. The van der Waals surface area contributed by atoms with Crippen molar-refractivity contribution in [2.45, 2.75) is 11.4 Å². The summed E-state index contributed by atoms with van der Waals surface area (Å²) in [6.07, 6.45) is 1.49. The first kappa shape index (κ1) is 13.8. The minimum atomic E-state index is -3.72. The molecule has 0 bridgehead atoms. The Morgan fingerprint density at radius 2 is 2.21 bits per heavy atom. The molecule has 1 heterocycles. The van der Waals surface area contributed by atoms with Gasteiger partial charge in [0.05, 0.1) is 11.6 Å². The molecule has 102 valence electrons. The average molecular weight is 302 g/mol. The van der Waals surface area contributed by atoms with Gasteiger partial charge in [0, 0.05) is 12.7 Å². The van der Waals surface area contributed by atoms with Gasteiger partial charge >= 0.3 is 0 Å². The number of anilines is 1. The molecule has 0 aliphatic rings. The highest BCUT2D eigenvalue weighted by Crippen LogP contribution is 2.23. The molecule has 1 aromatic heterocycles. The van der Waals surface area contributed by atoms with Crippen molar-refractivity contribution in [2.75, 3.05) is 5.73 Å². The fourth-order valence-electron chi connectivity index (χ4n) is 1.44. The second-order valence-corrected chi connectivity index (χ2v) is 5.99. The monoisotopic (exact) mass is 301 g/mol. The van der Waals surface area contributed by atoms with Gasteiger partial charge in [-0.2, -0.15) is 5.10 Å². The Morgan fingerprint density at radius 1 is 1.47 bits per heavy atom. The van der Waals surface area contributed by atoms with Gasteiger partial charge in [0.25, 0.3) is 0 Å². The average Bonchev–Trinajstić information content (AvgIpc) is 2.72. The van der Waals surface area contributed by atoms with Gasteiger partial charge in [-0.15, -0.1) is 0 Å². The van der Waals surface area contributed by atoms with Crippen LogP contribution >= 0.6 is 11.6 Å². The molecular formula is C10H12ClN5O2S. The van der Waals surface area contributed by atoms with Crippen LogP contribution in [0.4, 0.5) is 5.69 Å². The Balaban J connectivity index is 2.18. The van der Waals surface area contributed by atoms with Crippen molar-refractivity contribution in [3.63, 3.8) is 0 Å². The van der Waals surface area contributed by atoms with Gasteiger partial charge in [-0.3, -0.25) is 4.68 Å². The summed E-state index contributed by atoms with van der Waals surface area (Å²) in [5.41, 5.74) is 5.91. The normalized spacial score (nSPS) is 11.7. The minimum absolute atomic E-state index is 0.0100. The van der Waals surface area contributed by atoms with Crippen molar-refractivity contribution in [3.05, 3.63) is 35.4 Å². The number of aromatic nitrogens is 3. The fraction of sp³-hybridized carbons (Fsp3) is 0.200. The minimum Gasteiger partial charge on any atom is -0.399 e. The lowest BCUT2D eigenvalue weighted by molar-refractivity contribution is 0.578. The van der Waals surface area contributed by atoms with Crippen LogP contribution in [0.5, 0.6) is 0 Å². The van der Waals surface area contributed by atoms with Crippen LogP contribution < -0.4 is 10.5 Å². The zero-order chi connectivity index (χ0) is 14.0. The van der Waals surface area contributed by atoms with E-state index in [0.29, 0.717) is 11.5 Å². The van der Waals surface area contributed by atoms with E-state index in [1.807, 2.05) is 0 Å². The quantitative estimate of drug-likeness (QED) is 0.802. The number of hydrogen-bond donors (Lipinski definition) is 2. The third kappa shape index (κ3) is 3.22. The molecule has 0 radical (unpaired) electrons. The number of rotatable bonds is 4. The molecule has 0 spiro atoms. The molecule has 19 heavy (non-hydrogen) atoms. The highest BCUT2D eigenvalue weighted by Gasteiger charge is 2.18. The van der Waals surface area contributed by atoms with E-state index in [0.717, 1.165) is 0 Å². The number of nitrogens with one attached hydrogen (secondary N) is 1. The Morgan fingerprint density at radius 3 is 2.79 bits per heavy atom. The van der Waals surface area contributed by atoms with E-state index in [9.17, 15) is 8.42 Å². The Bertz CT molecular complexity index is 698. The number of nitrogens with zero attached hydrogens (tertiary/aromatic N) is 3. The largest absolute Gasteiger partial charge is 0.399 e. The lowest BCUT2D eigenvalue weighted by Gasteiger charge is -2.07. The van der Waals surface area contributed by atoms with E-state index in [2.05, 4.69) is 14.8 Å². The Hall–Kier alpha value is -1.64. The molecule has 0 saturated heterocycles. The van der Waals surface area contributed by atoms with Crippen LogP contribution in [0.1, 0.15) is 5.82 Å². The van der Waals surface area contributed by atoms with Crippen molar-refractivity contribution in [1.82, 2.24) is 19.5 Å².